The third-order valence-electron chi connectivity index (χ3n) is 10.0. The van der Waals surface area contributed by atoms with Crippen LogP contribution in [0.15, 0.2) is 163 Å². The van der Waals surface area contributed by atoms with E-state index in [-0.39, 0.29) is 0 Å². The van der Waals surface area contributed by atoms with E-state index in [4.69, 9.17) is 0 Å². The van der Waals surface area contributed by atoms with Crippen molar-refractivity contribution in [2.75, 3.05) is 11.9 Å². The van der Waals surface area contributed by atoms with E-state index in [1.54, 1.807) is 0 Å². The van der Waals surface area contributed by atoms with Gasteiger partial charge in [0.25, 0.3) is 0 Å². The number of aromatic nitrogens is 1. The van der Waals surface area contributed by atoms with Crippen molar-refractivity contribution in [2.24, 2.45) is 5.92 Å². The molecule has 1 N–H and O–H groups in total. The Hall–Kier alpha value is -5.34. The Morgan fingerprint density at radius 1 is 0.681 bits per heavy atom. The van der Waals surface area contributed by atoms with Crippen molar-refractivity contribution in [1.29, 1.82) is 0 Å². The number of fused-ring (bicyclic) bond motifs is 5. The Kier molecular flexibility index (Phi) is 7.71. The first-order chi connectivity index (χ1) is 23.2. The zero-order chi connectivity index (χ0) is 31.7. The fourth-order valence-electron chi connectivity index (χ4n) is 7.64. The SMILES string of the molecule is CC1=C(C(c2ccccc2)C(C)CNc2ccc(-c3cccc(-n4c5ccccc5c5ccc6ccccc6c54)c3)cc2)C=CCC1. The van der Waals surface area contributed by atoms with Crippen LogP contribution in [0.1, 0.15) is 38.2 Å². The van der Waals surface area contributed by atoms with Gasteiger partial charge in [-0.05, 0) is 83.7 Å². The van der Waals surface area contributed by atoms with Crippen molar-refractivity contribution in [3.8, 4) is 16.8 Å². The van der Waals surface area contributed by atoms with Gasteiger partial charge in [0, 0.05) is 40.0 Å². The van der Waals surface area contributed by atoms with E-state index in [0.717, 1.165) is 25.1 Å². The number of hydrogen-bond donors (Lipinski definition) is 1. The predicted octanol–water partition coefficient (Wildman–Crippen LogP) is 12.1. The van der Waals surface area contributed by atoms with Crippen LogP contribution in [-0.4, -0.2) is 11.1 Å². The maximum atomic E-state index is 3.77. The lowest BCUT2D eigenvalue weighted by Gasteiger charge is -2.29. The molecule has 47 heavy (non-hydrogen) atoms. The molecule has 0 saturated carbocycles. The molecule has 2 atom stereocenters. The highest BCUT2D eigenvalue weighted by Gasteiger charge is 2.24. The molecular weight excluding hydrogens is 569 g/mol. The molecule has 8 rings (SSSR count). The second-order valence-electron chi connectivity index (χ2n) is 13.1. The molecule has 1 aromatic heterocycles. The molecule has 1 aliphatic carbocycles. The second-order valence-corrected chi connectivity index (χ2v) is 13.1. The van der Waals surface area contributed by atoms with Gasteiger partial charge in [-0.15, -0.1) is 0 Å². The molecule has 0 fully saturated rings. The third-order valence-corrected chi connectivity index (χ3v) is 10.0. The molecule has 7 aromatic rings. The average Bonchev–Trinajstić information content (AvgIpc) is 3.47. The summed E-state index contributed by atoms with van der Waals surface area (Å²) in [5, 5.41) is 8.87. The molecule has 2 nitrogen and oxygen atoms in total. The summed E-state index contributed by atoms with van der Waals surface area (Å²) in [6.45, 7) is 5.60. The van der Waals surface area contributed by atoms with Gasteiger partial charge in [0.2, 0.25) is 0 Å². The molecule has 0 bridgehead atoms. The van der Waals surface area contributed by atoms with Crippen molar-refractivity contribution in [2.45, 2.75) is 32.6 Å². The van der Waals surface area contributed by atoms with Crippen molar-refractivity contribution in [3.63, 3.8) is 0 Å². The van der Waals surface area contributed by atoms with Crippen molar-refractivity contribution in [1.82, 2.24) is 4.57 Å². The van der Waals surface area contributed by atoms with E-state index < -0.39 is 0 Å². The maximum absolute atomic E-state index is 3.77. The van der Waals surface area contributed by atoms with Gasteiger partial charge in [0.1, 0.15) is 0 Å². The molecule has 1 aliphatic rings. The second kappa shape index (κ2) is 12.5. The highest BCUT2D eigenvalue weighted by Crippen LogP contribution is 2.39. The Morgan fingerprint density at radius 3 is 2.28 bits per heavy atom. The molecule has 0 aliphatic heterocycles. The molecule has 0 spiro atoms. The first-order valence-corrected chi connectivity index (χ1v) is 16.9. The standard InChI is InChI=1S/C45H40N2/c1-31-13-6-8-19-39(31)44(35-15-4-3-5-16-35)32(2)30-46-37-26-23-33(24-27-37)36-17-12-18-38(29-36)47-43-22-11-10-21-41(43)42-28-25-34-14-7-9-20-40(34)45(42)47/h3-5,7-12,14-29,32,44,46H,6,13,30H2,1-2H3. The van der Waals surface area contributed by atoms with Crippen LogP contribution in [0, 0.1) is 5.92 Å². The fourth-order valence-corrected chi connectivity index (χ4v) is 7.64. The van der Waals surface area contributed by atoms with Gasteiger partial charge in [-0.2, -0.15) is 0 Å². The Labute approximate surface area is 277 Å². The Balaban J connectivity index is 1.08. The first kappa shape index (κ1) is 29.1. The van der Waals surface area contributed by atoms with Gasteiger partial charge >= 0.3 is 0 Å². The minimum Gasteiger partial charge on any atom is -0.385 e. The van der Waals surface area contributed by atoms with E-state index in [1.807, 2.05) is 0 Å². The van der Waals surface area contributed by atoms with Gasteiger partial charge in [-0.1, -0.05) is 134 Å². The number of hydrogen-bond acceptors (Lipinski definition) is 1. The van der Waals surface area contributed by atoms with Crippen molar-refractivity contribution in [3.05, 3.63) is 168 Å². The molecule has 2 heteroatoms. The lowest BCUT2D eigenvalue weighted by atomic mass is 9.77. The number of para-hydroxylation sites is 1. The largest absolute Gasteiger partial charge is 0.385 e. The average molecular weight is 609 g/mol. The fraction of sp³-hybridized carbons (Fsp3) is 0.156. The molecule has 1 heterocycles. The summed E-state index contributed by atoms with van der Waals surface area (Å²) in [4.78, 5) is 0. The van der Waals surface area contributed by atoms with Crippen LogP contribution in [0.2, 0.25) is 0 Å². The molecule has 230 valence electrons. The van der Waals surface area contributed by atoms with Gasteiger partial charge in [0.05, 0.1) is 11.0 Å². The number of allylic oxidation sites excluding steroid dienone is 4. The Morgan fingerprint density at radius 2 is 1.45 bits per heavy atom. The maximum Gasteiger partial charge on any atom is 0.0619 e. The first-order valence-electron chi connectivity index (χ1n) is 16.9. The van der Waals surface area contributed by atoms with Crippen LogP contribution in [0.4, 0.5) is 5.69 Å². The molecular formula is C45H40N2. The highest BCUT2D eigenvalue weighted by molar-refractivity contribution is 6.18. The summed E-state index contributed by atoms with van der Waals surface area (Å²) in [7, 11) is 0. The summed E-state index contributed by atoms with van der Waals surface area (Å²) in [5.41, 5.74) is 11.7. The minimum absolute atomic E-state index is 0.375. The van der Waals surface area contributed by atoms with E-state index >= 15 is 0 Å². The van der Waals surface area contributed by atoms with E-state index in [9.17, 15) is 0 Å². The molecule has 0 amide bonds. The smallest absolute Gasteiger partial charge is 0.0619 e. The van der Waals surface area contributed by atoms with Crippen molar-refractivity contribution >= 4 is 38.3 Å². The molecule has 0 saturated heterocycles. The zero-order valence-corrected chi connectivity index (χ0v) is 27.2. The van der Waals surface area contributed by atoms with Crippen LogP contribution >= 0.6 is 0 Å². The topological polar surface area (TPSA) is 17.0 Å². The van der Waals surface area contributed by atoms with E-state index in [2.05, 4.69) is 175 Å². The van der Waals surface area contributed by atoms with Crippen LogP contribution in [0.5, 0.6) is 0 Å². The summed E-state index contributed by atoms with van der Waals surface area (Å²) < 4.78 is 2.44. The van der Waals surface area contributed by atoms with Crippen LogP contribution in [0.25, 0.3) is 49.4 Å². The minimum atomic E-state index is 0.375. The molecule has 6 aromatic carbocycles. The predicted molar refractivity (Wildman–Crippen MR) is 202 cm³/mol. The normalized spacial score (nSPS) is 14.6. The number of nitrogens with zero attached hydrogens (tertiary/aromatic N) is 1. The quantitative estimate of drug-likeness (QED) is 0.182. The lowest BCUT2D eigenvalue weighted by Crippen LogP contribution is -2.21. The number of rotatable bonds is 8. The summed E-state index contributed by atoms with van der Waals surface area (Å²) in [6, 6.07) is 50.9. The summed E-state index contributed by atoms with van der Waals surface area (Å²) in [5.74, 6) is 0.809. The molecule has 0 radical (unpaired) electrons. The monoisotopic (exact) mass is 608 g/mol. The summed E-state index contributed by atoms with van der Waals surface area (Å²) >= 11 is 0. The Bertz CT molecular complexity index is 2270. The van der Waals surface area contributed by atoms with E-state index in [0.29, 0.717) is 11.8 Å². The lowest BCUT2D eigenvalue weighted by molar-refractivity contribution is 0.531. The molecule has 2 unspecified atom stereocenters. The van der Waals surface area contributed by atoms with Gasteiger partial charge in [-0.3, -0.25) is 0 Å². The van der Waals surface area contributed by atoms with Gasteiger partial charge in [0.15, 0.2) is 0 Å². The van der Waals surface area contributed by atoms with Crippen LogP contribution in [0.3, 0.4) is 0 Å². The van der Waals surface area contributed by atoms with Crippen LogP contribution in [-0.2, 0) is 0 Å². The number of anilines is 1. The number of benzene rings is 6. The summed E-state index contributed by atoms with van der Waals surface area (Å²) in [6.07, 6.45) is 7.02. The third kappa shape index (κ3) is 5.44. The van der Waals surface area contributed by atoms with Crippen LogP contribution < -0.4 is 5.32 Å². The highest BCUT2D eigenvalue weighted by atomic mass is 15.0. The van der Waals surface area contributed by atoms with Gasteiger partial charge < -0.3 is 9.88 Å². The zero-order valence-electron chi connectivity index (χ0n) is 27.2. The van der Waals surface area contributed by atoms with Crippen molar-refractivity contribution < 1.29 is 0 Å². The van der Waals surface area contributed by atoms with E-state index in [1.165, 1.54) is 66.1 Å². The van der Waals surface area contributed by atoms with Gasteiger partial charge in [-0.25, -0.2) is 0 Å². The number of nitrogens with one attached hydrogen (secondary N) is 1.